The van der Waals surface area contributed by atoms with Gasteiger partial charge < -0.3 is 10.0 Å². The van der Waals surface area contributed by atoms with E-state index in [1.54, 1.807) is 13.0 Å². The Morgan fingerprint density at radius 3 is 2.71 bits per heavy atom. The van der Waals surface area contributed by atoms with E-state index in [9.17, 15) is 5.11 Å². The van der Waals surface area contributed by atoms with Crippen molar-refractivity contribution in [3.8, 4) is 6.07 Å². The summed E-state index contributed by atoms with van der Waals surface area (Å²) in [7, 11) is 1.98. The number of aliphatic hydroxyl groups excluding tert-OH is 1. The highest BCUT2D eigenvalue weighted by molar-refractivity contribution is 9.10. The highest BCUT2D eigenvalue weighted by Crippen LogP contribution is 2.29. The van der Waals surface area contributed by atoms with E-state index in [0.717, 1.165) is 21.3 Å². The van der Waals surface area contributed by atoms with Gasteiger partial charge in [-0.05, 0) is 42.8 Å². The molecular formula is C17H17BrN2O. The first-order valence-electron chi connectivity index (χ1n) is 6.69. The quantitative estimate of drug-likeness (QED) is 0.911. The molecule has 1 atom stereocenters. The Bertz CT molecular complexity index is 677. The molecule has 0 radical (unpaired) electrons. The number of nitrogens with zero attached hydrogens (tertiary/aromatic N) is 2. The molecule has 0 bridgehead atoms. The van der Waals surface area contributed by atoms with Crippen LogP contribution in [-0.4, -0.2) is 12.2 Å². The fraction of sp³-hybridized carbons (Fsp3) is 0.235. The van der Waals surface area contributed by atoms with Gasteiger partial charge in [0.15, 0.2) is 0 Å². The molecule has 108 valence electrons. The molecule has 0 aromatic heterocycles. The highest BCUT2D eigenvalue weighted by Gasteiger charge is 2.12. The summed E-state index contributed by atoms with van der Waals surface area (Å²) in [5.74, 6) is 0. The van der Waals surface area contributed by atoms with Gasteiger partial charge in [-0.3, -0.25) is 0 Å². The van der Waals surface area contributed by atoms with Gasteiger partial charge in [-0.25, -0.2) is 0 Å². The Kier molecular flexibility index (Phi) is 5.00. The standard InChI is InChI=1S/C17H17BrN2O/c1-12(21)16-9-15(18)6-7-17(16)20(2)11-14-5-3-4-13(8-14)10-19/h3-9,12,21H,11H2,1-2H3. The van der Waals surface area contributed by atoms with Gasteiger partial charge in [0.1, 0.15) is 0 Å². The highest BCUT2D eigenvalue weighted by atomic mass is 79.9. The molecule has 2 aromatic rings. The molecule has 0 saturated carbocycles. The van der Waals surface area contributed by atoms with Crippen molar-refractivity contribution in [1.29, 1.82) is 5.26 Å². The fourth-order valence-electron chi connectivity index (χ4n) is 2.31. The number of anilines is 1. The molecule has 4 heteroatoms. The molecule has 2 rings (SSSR count). The number of nitriles is 1. The van der Waals surface area contributed by atoms with Crippen molar-refractivity contribution in [2.24, 2.45) is 0 Å². The summed E-state index contributed by atoms with van der Waals surface area (Å²) in [4.78, 5) is 2.07. The third-order valence-electron chi connectivity index (χ3n) is 3.33. The molecule has 0 fully saturated rings. The van der Waals surface area contributed by atoms with Crippen molar-refractivity contribution < 1.29 is 5.11 Å². The van der Waals surface area contributed by atoms with Crippen molar-refractivity contribution in [1.82, 2.24) is 0 Å². The maximum Gasteiger partial charge on any atom is 0.0991 e. The van der Waals surface area contributed by atoms with Gasteiger partial charge in [-0.1, -0.05) is 28.1 Å². The van der Waals surface area contributed by atoms with Crippen LogP contribution in [0.2, 0.25) is 0 Å². The third-order valence-corrected chi connectivity index (χ3v) is 3.82. The van der Waals surface area contributed by atoms with Gasteiger partial charge in [-0.2, -0.15) is 5.26 Å². The monoisotopic (exact) mass is 344 g/mol. The predicted octanol–water partition coefficient (Wildman–Crippen LogP) is 4.01. The Labute approximate surface area is 133 Å². The summed E-state index contributed by atoms with van der Waals surface area (Å²) in [5, 5.41) is 18.9. The number of rotatable bonds is 4. The smallest absolute Gasteiger partial charge is 0.0991 e. The molecule has 0 aliphatic heterocycles. The van der Waals surface area contributed by atoms with E-state index in [-0.39, 0.29) is 0 Å². The van der Waals surface area contributed by atoms with Gasteiger partial charge in [0, 0.05) is 29.3 Å². The summed E-state index contributed by atoms with van der Waals surface area (Å²) < 4.78 is 0.946. The zero-order valence-corrected chi connectivity index (χ0v) is 13.6. The molecule has 21 heavy (non-hydrogen) atoms. The van der Waals surface area contributed by atoms with Crippen LogP contribution in [0.3, 0.4) is 0 Å². The van der Waals surface area contributed by atoms with Crippen LogP contribution in [0.1, 0.15) is 29.7 Å². The lowest BCUT2D eigenvalue weighted by Crippen LogP contribution is -2.18. The largest absolute Gasteiger partial charge is 0.389 e. The van der Waals surface area contributed by atoms with Crippen molar-refractivity contribution in [3.05, 3.63) is 63.6 Å². The van der Waals surface area contributed by atoms with Gasteiger partial charge in [0.2, 0.25) is 0 Å². The van der Waals surface area contributed by atoms with Gasteiger partial charge in [-0.15, -0.1) is 0 Å². The lowest BCUT2D eigenvalue weighted by atomic mass is 10.1. The minimum absolute atomic E-state index is 0.537. The molecule has 0 aliphatic rings. The second-order valence-corrected chi connectivity index (χ2v) is 5.96. The first kappa shape index (κ1) is 15.6. The maximum atomic E-state index is 9.94. The fourth-order valence-corrected chi connectivity index (χ4v) is 2.68. The van der Waals surface area contributed by atoms with E-state index in [4.69, 9.17) is 5.26 Å². The topological polar surface area (TPSA) is 47.3 Å². The zero-order valence-electron chi connectivity index (χ0n) is 12.0. The molecule has 0 heterocycles. The Balaban J connectivity index is 2.28. The average molecular weight is 345 g/mol. The zero-order chi connectivity index (χ0) is 15.4. The SMILES string of the molecule is CC(O)c1cc(Br)ccc1N(C)Cc1cccc(C#N)c1. The van der Waals surface area contributed by atoms with E-state index >= 15 is 0 Å². The molecule has 3 nitrogen and oxygen atoms in total. The Morgan fingerprint density at radius 1 is 1.29 bits per heavy atom. The first-order valence-corrected chi connectivity index (χ1v) is 7.48. The van der Waals surface area contributed by atoms with Gasteiger partial charge in [0.05, 0.1) is 17.7 Å². The van der Waals surface area contributed by atoms with Gasteiger partial charge >= 0.3 is 0 Å². The first-order chi connectivity index (χ1) is 10.0. The van der Waals surface area contributed by atoms with Crippen molar-refractivity contribution in [2.75, 3.05) is 11.9 Å². The van der Waals surface area contributed by atoms with Crippen LogP contribution in [0.4, 0.5) is 5.69 Å². The minimum atomic E-state index is -0.537. The molecule has 2 aromatic carbocycles. The van der Waals surface area contributed by atoms with Crippen molar-refractivity contribution in [3.63, 3.8) is 0 Å². The Morgan fingerprint density at radius 2 is 2.05 bits per heavy atom. The summed E-state index contributed by atoms with van der Waals surface area (Å²) >= 11 is 3.43. The lowest BCUT2D eigenvalue weighted by molar-refractivity contribution is 0.199. The number of benzene rings is 2. The van der Waals surface area contributed by atoms with Crippen LogP contribution in [-0.2, 0) is 6.54 Å². The average Bonchev–Trinajstić information content (AvgIpc) is 2.47. The lowest BCUT2D eigenvalue weighted by Gasteiger charge is -2.24. The van der Waals surface area contributed by atoms with E-state index in [2.05, 4.69) is 26.9 Å². The number of aliphatic hydroxyl groups is 1. The summed E-state index contributed by atoms with van der Waals surface area (Å²) in [6.45, 7) is 2.44. The molecule has 1 unspecified atom stereocenters. The summed E-state index contributed by atoms with van der Waals surface area (Å²) in [5.41, 5.74) is 3.59. The second-order valence-electron chi connectivity index (χ2n) is 5.05. The molecule has 0 aliphatic carbocycles. The molecular weight excluding hydrogens is 328 g/mol. The normalized spacial score (nSPS) is 11.8. The van der Waals surface area contributed by atoms with Crippen LogP contribution >= 0.6 is 15.9 Å². The van der Waals surface area contributed by atoms with Crippen LogP contribution in [0.15, 0.2) is 46.9 Å². The van der Waals surface area contributed by atoms with E-state index < -0.39 is 6.10 Å². The van der Waals surface area contributed by atoms with E-state index in [0.29, 0.717) is 12.1 Å². The maximum absolute atomic E-state index is 9.94. The van der Waals surface area contributed by atoms with E-state index in [1.807, 2.05) is 43.4 Å². The van der Waals surface area contributed by atoms with Crippen molar-refractivity contribution in [2.45, 2.75) is 19.6 Å². The summed E-state index contributed by atoms with van der Waals surface area (Å²) in [6.07, 6.45) is -0.537. The summed E-state index contributed by atoms with van der Waals surface area (Å²) in [6, 6.07) is 15.6. The molecule has 0 amide bonds. The number of hydrogen-bond acceptors (Lipinski definition) is 3. The van der Waals surface area contributed by atoms with Crippen LogP contribution in [0.25, 0.3) is 0 Å². The molecule has 1 N–H and O–H groups in total. The second kappa shape index (κ2) is 6.75. The minimum Gasteiger partial charge on any atom is -0.389 e. The van der Waals surface area contributed by atoms with Crippen molar-refractivity contribution >= 4 is 21.6 Å². The number of hydrogen-bond donors (Lipinski definition) is 1. The predicted molar refractivity (Wildman–Crippen MR) is 88.0 cm³/mol. The molecule has 0 spiro atoms. The number of halogens is 1. The van der Waals surface area contributed by atoms with Crippen LogP contribution in [0, 0.1) is 11.3 Å². The third kappa shape index (κ3) is 3.84. The van der Waals surface area contributed by atoms with Gasteiger partial charge in [0.25, 0.3) is 0 Å². The Hall–Kier alpha value is -1.83. The van der Waals surface area contributed by atoms with Crippen LogP contribution in [0.5, 0.6) is 0 Å². The molecule has 0 saturated heterocycles. The van der Waals surface area contributed by atoms with E-state index in [1.165, 1.54) is 0 Å². The van der Waals surface area contributed by atoms with Crippen LogP contribution < -0.4 is 4.90 Å².